The molecule has 1 saturated heterocycles. The molecule has 0 aliphatic carbocycles. The lowest BCUT2D eigenvalue weighted by Gasteiger charge is -2.30. The van der Waals surface area contributed by atoms with Gasteiger partial charge in [-0.15, -0.1) is 0 Å². The predicted octanol–water partition coefficient (Wildman–Crippen LogP) is 2.04. The van der Waals surface area contributed by atoms with Crippen LogP contribution < -0.4 is 5.32 Å². The van der Waals surface area contributed by atoms with E-state index in [0.717, 1.165) is 45.6 Å². The van der Waals surface area contributed by atoms with Crippen LogP contribution in [0, 0.1) is 5.92 Å². The van der Waals surface area contributed by atoms with Gasteiger partial charge in [-0.25, -0.2) is 0 Å². The number of hydrogen-bond acceptors (Lipinski definition) is 3. The van der Waals surface area contributed by atoms with Crippen molar-refractivity contribution in [3.05, 3.63) is 0 Å². The van der Waals surface area contributed by atoms with Crippen molar-refractivity contribution in [2.75, 3.05) is 39.4 Å². The number of carbonyl (C=O) groups excluding carboxylic acids is 1. The summed E-state index contributed by atoms with van der Waals surface area (Å²) in [6, 6.07) is 0. The van der Waals surface area contributed by atoms with Crippen molar-refractivity contribution >= 4 is 5.91 Å². The smallest absolute Gasteiger partial charge is 0.224 e. The molecule has 4 nitrogen and oxygen atoms in total. The van der Waals surface area contributed by atoms with Gasteiger partial charge in [-0.2, -0.15) is 0 Å². The van der Waals surface area contributed by atoms with Crippen LogP contribution in [-0.2, 0) is 9.53 Å². The Balaban J connectivity index is 2.30. The molecule has 0 radical (unpaired) electrons. The lowest BCUT2D eigenvalue weighted by molar-refractivity contribution is -0.133. The largest absolute Gasteiger partial charge is 0.381 e. The fourth-order valence-electron chi connectivity index (χ4n) is 2.54. The number of nitrogens with zero attached hydrogens (tertiary/aromatic N) is 1. The maximum absolute atomic E-state index is 12.2. The third-order valence-electron chi connectivity index (χ3n) is 3.53. The number of hydrogen-bond donors (Lipinski definition) is 1. The lowest BCUT2D eigenvalue weighted by Crippen LogP contribution is -2.41. The number of amides is 1. The number of ether oxygens (including phenoxy) is 1. The van der Waals surface area contributed by atoms with E-state index in [-0.39, 0.29) is 5.91 Å². The molecule has 1 amide bonds. The Morgan fingerprint density at radius 2 is 2.16 bits per heavy atom. The number of rotatable bonds is 9. The zero-order valence-corrected chi connectivity index (χ0v) is 12.6. The quantitative estimate of drug-likeness (QED) is 0.652. The van der Waals surface area contributed by atoms with Crippen molar-refractivity contribution in [1.82, 2.24) is 10.2 Å². The normalized spacial score (nSPS) is 19.4. The molecule has 1 N–H and O–H groups in total. The topological polar surface area (TPSA) is 41.6 Å². The predicted molar refractivity (Wildman–Crippen MR) is 78.2 cm³/mol. The summed E-state index contributed by atoms with van der Waals surface area (Å²) in [6.45, 7) is 9.51. The summed E-state index contributed by atoms with van der Waals surface area (Å²) < 4.78 is 5.41. The first kappa shape index (κ1) is 16.4. The Kier molecular flexibility index (Phi) is 8.84. The molecule has 0 aromatic rings. The molecule has 4 heteroatoms. The second-order valence-electron chi connectivity index (χ2n) is 5.41. The zero-order chi connectivity index (χ0) is 13.9. The number of piperidine rings is 1. The summed E-state index contributed by atoms with van der Waals surface area (Å²) in [7, 11) is 0. The molecule has 1 atom stereocenters. The highest BCUT2D eigenvalue weighted by atomic mass is 16.5. The molecule has 19 heavy (non-hydrogen) atoms. The summed E-state index contributed by atoms with van der Waals surface area (Å²) in [6.07, 6.45) is 5.05. The Hall–Kier alpha value is -0.610. The molecular formula is C15H30N2O2. The monoisotopic (exact) mass is 270 g/mol. The van der Waals surface area contributed by atoms with Crippen molar-refractivity contribution in [2.45, 2.75) is 46.0 Å². The second kappa shape index (κ2) is 10.2. The van der Waals surface area contributed by atoms with Crippen LogP contribution in [0.15, 0.2) is 0 Å². The van der Waals surface area contributed by atoms with Crippen molar-refractivity contribution in [2.24, 2.45) is 5.92 Å². The van der Waals surface area contributed by atoms with E-state index in [1.54, 1.807) is 0 Å². The molecule has 0 spiro atoms. The van der Waals surface area contributed by atoms with E-state index in [1.807, 2.05) is 4.90 Å². The third-order valence-corrected chi connectivity index (χ3v) is 3.53. The summed E-state index contributed by atoms with van der Waals surface area (Å²) in [4.78, 5) is 14.2. The van der Waals surface area contributed by atoms with Crippen LogP contribution in [0.25, 0.3) is 0 Å². The minimum Gasteiger partial charge on any atom is -0.381 e. The Labute approximate surface area is 117 Å². The molecule has 1 heterocycles. The maximum atomic E-state index is 12.2. The fourth-order valence-corrected chi connectivity index (χ4v) is 2.54. The Morgan fingerprint density at radius 1 is 1.32 bits per heavy atom. The first-order valence-corrected chi connectivity index (χ1v) is 7.84. The van der Waals surface area contributed by atoms with Crippen LogP contribution in [0.3, 0.4) is 0 Å². The van der Waals surface area contributed by atoms with E-state index in [0.29, 0.717) is 18.9 Å². The van der Waals surface area contributed by atoms with Gasteiger partial charge < -0.3 is 15.0 Å². The Morgan fingerprint density at radius 3 is 2.79 bits per heavy atom. The first-order chi connectivity index (χ1) is 9.27. The molecule has 1 fully saturated rings. The van der Waals surface area contributed by atoms with Crippen LogP contribution in [-0.4, -0.2) is 50.2 Å². The zero-order valence-electron chi connectivity index (χ0n) is 12.6. The molecule has 1 aliphatic rings. The van der Waals surface area contributed by atoms with Gasteiger partial charge >= 0.3 is 0 Å². The van der Waals surface area contributed by atoms with E-state index in [4.69, 9.17) is 4.74 Å². The van der Waals surface area contributed by atoms with Crippen molar-refractivity contribution in [1.29, 1.82) is 0 Å². The molecular weight excluding hydrogens is 240 g/mol. The standard InChI is InChI=1S/C15H30N2O2/c1-3-9-17(13-14-6-5-8-16-12-14)15(18)7-11-19-10-4-2/h14,16H,3-13H2,1-2H3. The van der Waals surface area contributed by atoms with Crippen LogP contribution in [0.2, 0.25) is 0 Å². The summed E-state index contributed by atoms with van der Waals surface area (Å²) in [5.41, 5.74) is 0. The van der Waals surface area contributed by atoms with Gasteiger partial charge in [0.1, 0.15) is 0 Å². The van der Waals surface area contributed by atoms with E-state index in [9.17, 15) is 4.79 Å². The van der Waals surface area contributed by atoms with Gasteiger partial charge in [0.05, 0.1) is 13.0 Å². The molecule has 0 saturated carbocycles. The average Bonchev–Trinajstić information content (AvgIpc) is 2.44. The van der Waals surface area contributed by atoms with Gasteiger partial charge in [0.2, 0.25) is 5.91 Å². The maximum Gasteiger partial charge on any atom is 0.224 e. The first-order valence-electron chi connectivity index (χ1n) is 7.84. The molecule has 0 aromatic carbocycles. The summed E-state index contributed by atoms with van der Waals surface area (Å²) in [5, 5.41) is 3.42. The van der Waals surface area contributed by atoms with Crippen molar-refractivity contribution in [3.8, 4) is 0 Å². The highest BCUT2D eigenvalue weighted by Gasteiger charge is 2.19. The van der Waals surface area contributed by atoms with Crippen LogP contribution in [0.1, 0.15) is 46.0 Å². The second-order valence-corrected chi connectivity index (χ2v) is 5.41. The average molecular weight is 270 g/mol. The van der Waals surface area contributed by atoms with E-state index in [1.165, 1.54) is 12.8 Å². The van der Waals surface area contributed by atoms with Crippen LogP contribution >= 0.6 is 0 Å². The highest BCUT2D eigenvalue weighted by molar-refractivity contribution is 5.76. The number of carbonyl (C=O) groups is 1. The summed E-state index contributed by atoms with van der Waals surface area (Å²) in [5.74, 6) is 0.879. The highest BCUT2D eigenvalue weighted by Crippen LogP contribution is 2.13. The van der Waals surface area contributed by atoms with Gasteiger partial charge in [0.25, 0.3) is 0 Å². The van der Waals surface area contributed by atoms with Gasteiger partial charge in [-0.05, 0) is 44.7 Å². The van der Waals surface area contributed by atoms with Gasteiger partial charge in [-0.1, -0.05) is 13.8 Å². The van der Waals surface area contributed by atoms with Gasteiger partial charge in [0, 0.05) is 19.7 Å². The third kappa shape index (κ3) is 6.92. The SMILES string of the molecule is CCCOCCC(=O)N(CCC)CC1CCCNC1. The Bertz CT molecular complexity index is 240. The van der Waals surface area contributed by atoms with Crippen molar-refractivity contribution < 1.29 is 9.53 Å². The van der Waals surface area contributed by atoms with Gasteiger partial charge in [0.15, 0.2) is 0 Å². The molecule has 1 aliphatic heterocycles. The van der Waals surface area contributed by atoms with E-state index < -0.39 is 0 Å². The van der Waals surface area contributed by atoms with E-state index >= 15 is 0 Å². The van der Waals surface area contributed by atoms with Crippen molar-refractivity contribution in [3.63, 3.8) is 0 Å². The fraction of sp³-hybridized carbons (Fsp3) is 0.933. The van der Waals surface area contributed by atoms with Gasteiger partial charge in [-0.3, -0.25) is 4.79 Å². The molecule has 0 aromatic heterocycles. The number of nitrogens with one attached hydrogen (secondary N) is 1. The molecule has 1 rings (SSSR count). The van der Waals surface area contributed by atoms with Crippen LogP contribution in [0.4, 0.5) is 0 Å². The minimum atomic E-state index is 0.253. The molecule has 112 valence electrons. The minimum absolute atomic E-state index is 0.253. The molecule has 0 bridgehead atoms. The summed E-state index contributed by atoms with van der Waals surface area (Å²) >= 11 is 0. The lowest BCUT2D eigenvalue weighted by atomic mass is 9.99. The van der Waals surface area contributed by atoms with Crippen LogP contribution in [0.5, 0.6) is 0 Å². The molecule has 1 unspecified atom stereocenters. The van der Waals surface area contributed by atoms with E-state index in [2.05, 4.69) is 19.2 Å².